The SMILES string of the molecule is CNC(C)(COc1ccc(F)cc1)C(=O)OC. The summed E-state index contributed by atoms with van der Waals surface area (Å²) in [5, 5.41) is 2.84. The van der Waals surface area contributed by atoms with Crippen LogP contribution in [0.3, 0.4) is 0 Å². The third kappa shape index (κ3) is 3.42. The van der Waals surface area contributed by atoms with Crippen molar-refractivity contribution in [1.29, 1.82) is 0 Å². The zero-order chi connectivity index (χ0) is 12.9. The second-order valence-corrected chi connectivity index (χ2v) is 3.82. The van der Waals surface area contributed by atoms with E-state index in [0.29, 0.717) is 5.75 Å². The number of carbonyl (C=O) groups excluding carboxylic acids is 1. The van der Waals surface area contributed by atoms with Gasteiger partial charge in [-0.1, -0.05) is 0 Å². The van der Waals surface area contributed by atoms with Crippen molar-refractivity contribution in [2.24, 2.45) is 0 Å². The molecule has 1 atom stereocenters. The van der Waals surface area contributed by atoms with E-state index in [9.17, 15) is 9.18 Å². The third-order valence-corrected chi connectivity index (χ3v) is 2.53. The van der Waals surface area contributed by atoms with Gasteiger partial charge in [0.1, 0.15) is 23.7 Å². The molecule has 1 aromatic carbocycles. The number of benzene rings is 1. The summed E-state index contributed by atoms with van der Waals surface area (Å²) >= 11 is 0. The molecule has 0 aliphatic heterocycles. The van der Waals surface area contributed by atoms with Gasteiger partial charge >= 0.3 is 5.97 Å². The van der Waals surface area contributed by atoms with Crippen molar-refractivity contribution in [3.05, 3.63) is 30.1 Å². The lowest BCUT2D eigenvalue weighted by atomic mass is 10.1. The lowest BCUT2D eigenvalue weighted by Crippen LogP contribution is -2.52. The van der Waals surface area contributed by atoms with E-state index in [1.165, 1.54) is 31.4 Å². The molecule has 0 aliphatic carbocycles. The summed E-state index contributed by atoms with van der Waals surface area (Å²) < 4.78 is 22.8. The van der Waals surface area contributed by atoms with Gasteiger partial charge in [-0.3, -0.25) is 0 Å². The maximum atomic E-state index is 12.7. The lowest BCUT2D eigenvalue weighted by Gasteiger charge is -2.25. The topological polar surface area (TPSA) is 47.6 Å². The van der Waals surface area contributed by atoms with Crippen LogP contribution in [-0.4, -0.2) is 32.3 Å². The second kappa shape index (κ2) is 5.63. The highest BCUT2D eigenvalue weighted by Crippen LogP contribution is 2.14. The Labute approximate surface area is 99.7 Å². The fourth-order valence-electron chi connectivity index (χ4n) is 1.22. The highest BCUT2D eigenvalue weighted by atomic mass is 19.1. The summed E-state index contributed by atoms with van der Waals surface area (Å²) in [7, 11) is 2.96. The van der Waals surface area contributed by atoms with Gasteiger partial charge in [0.05, 0.1) is 7.11 Å². The molecule has 0 bridgehead atoms. The molecular formula is C12H16FNO3. The molecule has 5 heteroatoms. The average molecular weight is 241 g/mol. The maximum absolute atomic E-state index is 12.7. The Morgan fingerprint density at radius 1 is 1.41 bits per heavy atom. The summed E-state index contributed by atoms with van der Waals surface area (Å²) in [5.41, 5.74) is -0.927. The van der Waals surface area contributed by atoms with Gasteiger partial charge in [0, 0.05) is 0 Å². The highest BCUT2D eigenvalue weighted by Gasteiger charge is 2.33. The van der Waals surface area contributed by atoms with Gasteiger partial charge in [0.25, 0.3) is 0 Å². The van der Waals surface area contributed by atoms with Crippen LogP contribution >= 0.6 is 0 Å². The predicted molar refractivity (Wildman–Crippen MR) is 61.4 cm³/mol. The van der Waals surface area contributed by atoms with Crippen molar-refractivity contribution >= 4 is 5.97 Å². The van der Waals surface area contributed by atoms with Crippen LogP contribution in [0.25, 0.3) is 0 Å². The molecule has 0 saturated heterocycles. The molecule has 17 heavy (non-hydrogen) atoms. The van der Waals surface area contributed by atoms with E-state index in [-0.39, 0.29) is 12.4 Å². The molecule has 0 amide bonds. The first kappa shape index (κ1) is 13.4. The summed E-state index contributed by atoms with van der Waals surface area (Å²) in [6, 6.07) is 5.60. The quantitative estimate of drug-likeness (QED) is 0.791. The minimum absolute atomic E-state index is 0.0990. The lowest BCUT2D eigenvalue weighted by molar-refractivity contribution is -0.148. The molecule has 0 fully saturated rings. The Kier molecular flexibility index (Phi) is 4.45. The number of halogens is 1. The van der Waals surface area contributed by atoms with Crippen LogP contribution in [0.1, 0.15) is 6.92 Å². The van der Waals surface area contributed by atoms with E-state index < -0.39 is 11.5 Å². The maximum Gasteiger partial charge on any atom is 0.329 e. The summed E-state index contributed by atoms with van der Waals surface area (Å²) in [6.45, 7) is 1.77. The molecule has 1 N–H and O–H groups in total. The van der Waals surface area contributed by atoms with Crippen molar-refractivity contribution in [2.75, 3.05) is 20.8 Å². The van der Waals surface area contributed by atoms with Crippen molar-refractivity contribution < 1.29 is 18.7 Å². The van der Waals surface area contributed by atoms with Gasteiger partial charge < -0.3 is 14.8 Å². The number of ether oxygens (including phenoxy) is 2. The summed E-state index contributed by atoms with van der Waals surface area (Å²) in [4.78, 5) is 11.5. The Hall–Kier alpha value is -1.62. The number of rotatable bonds is 5. The molecule has 0 aliphatic rings. The molecular weight excluding hydrogens is 225 g/mol. The van der Waals surface area contributed by atoms with Crippen molar-refractivity contribution in [3.63, 3.8) is 0 Å². The van der Waals surface area contributed by atoms with E-state index >= 15 is 0 Å². The molecule has 1 aromatic rings. The van der Waals surface area contributed by atoms with Crippen LogP contribution in [0.2, 0.25) is 0 Å². The molecule has 0 saturated carbocycles. The normalized spacial score (nSPS) is 13.9. The Morgan fingerprint density at radius 3 is 2.47 bits per heavy atom. The molecule has 1 unspecified atom stereocenters. The van der Waals surface area contributed by atoms with Gasteiger partial charge in [-0.2, -0.15) is 0 Å². The van der Waals surface area contributed by atoms with E-state index in [4.69, 9.17) is 4.74 Å². The van der Waals surface area contributed by atoms with E-state index in [2.05, 4.69) is 10.1 Å². The standard InChI is InChI=1S/C12H16FNO3/c1-12(14-2,11(15)16-3)8-17-10-6-4-9(13)5-7-10/h4-7,14H,8H2,1-3H3. The van der Waals surface area contributed by atoms with Crippen molar-refractivity contribution in [2.45, 2.75) is 12.5 Å². The van der Waals surface area contributed by atoms with Crippen molar-refractivity contribution in [1.82, 2.24) is 5.32 Å². The van der Waals surface area contributed by atoms with Gasteiger partial charge in [-0.05, 0) is 38.2 Å². The number of methoxy groups -OCH3 is 1. The number of likely N-dealkylation sites (N-methyl/N-ethyl adjacent to an activating group) is 1. The molecule has 0 aromatic heterocycles. The Bertz CT molecular complexity index is 380. The minimum Gasteiger partial charge on any atom is -0.491 e. The minimum atomic E-state index is -0.927. The highest BCUT2D eigenvalue weighted by molar-refractivity contribution is 5.80. The van der Waals surface area contributed by atoms with Crippen LogP contribution < -0.4 is 10.1 Å². The van der Waals surface area contributed by atoms with Crippen LogP contribution in [0, 0.1) is 5.82 Å². The molecule has 0 heterocycles. The summed E-state index contributed by atoms with van der Waals surface area (Å²) in [6.07, 6.45) is 0. The molecule has 1 rings (SSSR count). The summed E-state index contributed by atoms with van der Waals surface area (Å²) in [5.74, 6) is -0.249. The van der Waals surface area contributed by atoms with Crippen molar-refractivity contribution in [3.8, 4) is 5.75 Å². The van der Waals surface area contributed by atoms with Gasteiger partial charge in [0.2, 0.25) is 0 Å². The zero-order valence-electron chi connectivity index (χ0n) is 10.1. The number of carbonyl (C=O) groups is 1. The molecule has 94 valence electrons. The average Bonchev–Trinajstić information content (AvgIpc) is 2.36. The van der Waals surface area contributed by atoms with Gasteiger partial charge in [-0.15, -0.1) is 0 Å². The number of hydrogen-bond donors (Lipinski definition) is 1. The first-order valence-electron chi connectivity index (χ1n) is 5.17. The van der Waals surface area contributed by atoms with Gasteiger partial charge in [0.15, 0.2) is 0 Å². The van der Waals surface area contributed by atoms with E-state index in [1.807, 2.05) is 0 Å². The fraction of sp³-hybridized carbons (Fsp3) is 0.417. The smallest absolute Gasteiger partial charge is 0.329 e. The molecule has 0 radical (unpaired) electrons. The monoisotopic (exact) mass is 241 g/mol. The predicted octanol–water partition coefficient (Wildman–Crippen LogP) is 1.36. The Balaban J connectivity index is 2.65. The largest absolute Gasteiger partial charge is 0.491 e. The van der Waals surface area contributed by atoms with Crippen LogP contribution in [0.15, 0.2) is 24.3 Å². The zero-order valence-corrected chi connectivity index (χ0v) is 10.1. The molecule has 4 nitrogen and oxygen atoms in total. The Morgan fingerprint density at radius 2 is 2.00 bits per heavy atom. The van der Waals surface area contributed by atoms with E-state index in [1.54, 1.807) is 14.0 Å². The number of nitrogens with one attached hydrogen (secondary N) is 1. The fourth-order valence-corrected chi connectivity index (χ4v) is 1.22. The van der Waals surface area contributed by atoms with Gasteiger partial charge in [-0.25, -0.2) is 9.18 Å². The molecule has 0 spiro atoms. The number of hydrogen-bond acceptors (Lipinski definition) is 4. The van der Waals surface area contributed by atoms with E-state index in [0.717, 1.165) is 0 Å². The third-order valence-electron chi connectivity index (χ3n) is 2.53. The first-order valence-corrected chi connectivity index (χ1v) is 5.17. The first-order chi connectivity index (χ1) is 8.01. The second-order valence-electron chi connectivity index (χ2n) is 3.82. The van der Waals surface area contributed by atoms with Crippen LogP contribution in [0.5, 0.6) is 5.75 Å². The van der Waals surface area contributed by atoms with Crippen LogP contribution in [0.4, 0.5) is 4.39 Å². The number of esters is 1. The van der Waals surface area contributed by atoms with Crippen LogP contribution in [-0.2, 0) is 9.53 Å².